The van der Waals surface area contributed by atoms with Crippen LogP contribution in [0.3, 0.4) is 0 Å². The molecule has 0 saturated carbocycles. The van der Waals surface area contributed by atoms with Crippen molar-refractivity contribution in [2.75, 3.05) is 12.4 Å². The minimum Gasteiger partial charge on any atom is -0.491 e. The molecular formula is C8H12ClN3O. The van der Waals surface area contributed by atoms with Gasteiger partial charge in [0.25, 0.3) is 0 Å². The van der Waals surface area contributed by atoms with Crippen LogP contribution in [0.2, 0.25) is 5.28 Å². The molecule has 5 heteroatoms. The first-order chi connectivity index (χ1) is 6.13. The van der Waals surface area contributed by atoms with E-state index in [9.17, 15) is 0 Å². The summed E-state index contributed by atoms with van der Waals surface area (Å²) in [6.45, 7) is 4.02. The van der Waals surface area contributed by atoms with Gasteiger partial charge in [0.1, 0.15) is 0 Å². The van der Waals surface area contributed by atoms with Gasteiger partial charge < -0.3 is 10.1 Å². The molecule has 1 aromatic rings. The van der Waals surface area contributed by atoms with Crippen molar-refractivity contribution >= 4 is 17.4 Å². The molecule has 0 aliphatic heterocycles. The third kappa shape index (κ3) is 2.73. The van der Waals surface area contributed by atoms with E-state index in [4.69, 9.17) is 16.3 Å². The summed E-state index contributed by atoms with van der Waals surface area (Å²) in [6, 6.07) is 0.278. The van der Waals surface area contributed by atoms with Crippen molar-refractivity contribution in [3.63, 3.8) is 0 Å². The molecular weight excluding hydrogens is 190 g/mol. The van der Waals surface area contributed by atoms with E-state index in [0.717, 1.165) is 0 Å². The SMILES string of the molecule is COc1cnc(Cl)nc1NC(C)C. The van der Waals surface area contributed by atoms with Crippen LogP contribution in [0.4, 0.5) is 5.82 Å². The van der Waals surface area contributed by atoms with Crippen LogP contribution in [0.5, 0.6) is 5.75 Å². The van der Waals surface area contributed by atoms with E-state index in [1.807, 2.05) is 13.8 Å². The highest BCUT2D eigenvalue weighted by molar-refractivity contribution is 6.28. The molecule has 0 saturated heterocycles. The molecule has 1 rings (SSSR count). The smallest absolute Gasteiger partial charge is 0.224 e. The van der Waals surface area contributed by atoms with Crippen LogP contribution in [0.1, 0.15) is 13.8 Å². The molecule has 1 aromatic heterocycles. The van der Waals surface area contributed by atoms with E-state index in [1.54, 1.807) is 13.3 Å². The summed E-state index contributed by atoms with van der Waals surface area (Å²) in [5, 5.41) is 3.32. The van der Waals surface area contributed by atoms with Crippen LogP contribution in [-0.4, -0.2) is 23.1 Å². The van der Waals surface area contributed by atoms with Gasteiger partial charge in [-0.3, -0.25) is 0 Å². The molecule has 0 spiro atoms. The Morgan fingerprint density at radius 3 is 2.77 bits per heavy atom. The summed E-state index contributed by atoms with van der Waals surface area (Å²) in [4.78, 5) is 7.81. The lowest BCUT2D eigenvalue weighted by atomic mass is 10.4. The van der Waals surface area contributed by atoms with Gasteiger partial charge in [0, 0.05) is 6.04 Å². The molecule has 13 heavy (non-hydrogen) atoms. The van der Waals surface area contributed by atoms with Crippen molar-refractivity contribution in [1.82, 2.24) is 9.97 Å². The molecule has 0 fully saturated rings. The Labute approximate surface area is 82.3 Å². The van der Waals surface area contributed by atoms with Crippen LogP contribution in [-0.2, 0) is 0 Å². The normalized spacial score (nSPS) is 10.2. The van der Waals surface area contributed by atoms with Gasteiger partial charge in [0.2, 0.25) is 5.28 Å². The van der Waals surface area contributed by atoms with Crippen molar-refractivity contribution in [2.24, 2.45) is 0 Å². The van der Waals surface area contributed by atoms with Crippen molar-refractivity contribution in [1.29, 1.82) is 0 Å². The second-order valence-corrected chi connectivity index (χ2v) is 3.19. The van der Waals surface area contributed by atoms with Gasteiger partial charge in [0.05, 0.1) is 13.3 Å². The molecule has 0 amide bonds. The van der Waals surface area contributed by atoms with Crippen molar-refractivity contribution in [3.05, 3.63) is 11.5 Å². The lowest BCUT2D eigenvalue weighted by Crippen LogP contribution is -2.12. The summed E-state index contributed by atoms with van der Waals surface area (Å²) in [6.07, 6.45) is 1.54. The third-order valence-electron chi connectivity index (χ3n) is 1.37. The average Bonchev–Trinajstić information content (AvgIpc) is 2.03. The maximum absolute atomic E-state index is 5.64. The maximum Gasteiger partial charge on any atom is 0.224 e. The van der Waals surface area contributed by atoms with Gasteiger partial charge in [-0.2, -0.15) is 4.98 Å². The summed E-state index contributed by atoms with van der Waals surface area (Å²) < 4.78 is 5.06. The van der Waals surface area contributed by atoms with Crippen LogP contribution in [0, 0.1) is 0 Å². The van der Waals surface area contributed by atoms with Crippen LogP contribution in [0.15, 0.2) is 6.20 Å². The van der Waals surface area contributed by atoms with E-state index in [2.05, 4.69) is 15.3 Å². The lowest BCUT2D eigenvalue weighted by Gasteiger charge is -2.11. The highest BCUT2D eigenvalue weighted by Crippen LogP contribution is 2.22. The zero-order valence-electron chi connectivity index (χ0n) is 7.84. The second kappa shape index (κ2) is 4.28. The summed E-state index contributed by atoms with van der Waals surface area (Å²) in [7, 11) is 1.57. The quantitative estimate of drug-likeness (QED) is 0.760. The van der Waals surface area contributed by atoms with Crippen LogP contribution >= 0.6 is 11.6 Å². The first kappa shape index (κ1) is 10.1. The van der Waals surface area contributed by atoms with Gasteiger partial charge >= 0.3 is 0 Å². The number of rotatable bonds is 3. The largest absolute Gasteiger partial charge is 0.491 e. The van der Waals surface area contributed by atoms with Gasteiger partial charge in [-0.15, -0.1) is 0 Å². The molecule has 1 heterocycles. The fourth-order valence-electron chi connectivity index (χ4n) is 0.875. The number of hydrogen-bond acceptors (Lipinski definition) is 4. The fourth-order valence-corrected chi connectivity index (χ4v) is 1.01. The van der Waals surface area contributed by atoms with Crippen LogP contribution in [0.25, 0.3) is 0 Å². The molecule has 0 atom stereocenters. The minimum absolute atomic E-state index is 0.212. The predicted octanol–water partition coefficient (Wildman–Crippen LogP) is 1.96. The van der Waals surface area contributed by atoms with E-state index in [-0.39, 0.29) is 11.3 Å². The Bertz CT molecular complexity index is 291. The number of ether oxygens (including phenoxy) is 1. The van der Waals surface area contributed by atoms with Crippen molar-refractivity contribution < 1.29 is 4.74 Å². The maximum atomic E-state index is 5.64. The molecule has 72 valence electrons. The Morgan fingerprint density at radius 1 is 1.54 bits per heavy atom. The molecule has 1 N–H and O–H groups in total. The standard InChI is InChI=1S/C8H12ClN3O/c1-5(2)11-7-6(13-3)4-10-8(9)12-7/h4-5H,1-3H3,(H,10,11,12). The molecule has 0 radical (unpaired) electrons. The number of methoxy groups -OCH3 is 1. The molecule has 4 nitrogen and oxygen atoms in total. The monoisotopic (exact) mass is 201 g/mol. The summed E-state index contributed by atoms with van der Waals surface area (Å²) in [5.41, 5.74) is 0. The zero-order valence-corrected chi connectivity index (χ0v) is 8.59. The minimum atomic E-state index is 0.212. The number of hydrogen-bond donors (Lipinski definition) is 1. The summed E-state index contributed by atoms with van der Waals surface area (Å²) >= 11 is 5.64. The van der Waals surface area contributed by atoms with E-state index >= 15 is 0 Å². The number of nitrogens with one attached hydrogen (secondary N) is 1. The Hall–Kier alpha value is -1.03. The lowest BCUT2D eigenvalue weighted by molar-refractivity contribution is 0.412. The van der Waals surface area contributed by atoms with Crippen molar-refractivity contribution in [2.45, 2.75) is 19.9 Å². The van der Waals surface area contributed by atoms with Crippen LogP contribution < -0.4 is 10.1 Å². The van der Waals surface area contributed by atoms with Gasteiger partial charge in [-0.05, 0) is 25.4 Å². The molecule has 0 aliphatic carbocycles. The first-order valence-electron chi connectivity index (χ1n) is 3.96. The predicted molar refractivity (Wildman–Crippen MR) is 52.4 cm³/mol. The average molecular weight is 202 g/mol. The van der Waals surface area contributed by atoms with E-state index in [0.29, 0.717) is 11.6 Å². The molecule has 0 aromatic carbocycles. The van der Waals surface area contributed by atoms with E-state index in [1.165, 1.54) is 0 Å². The van der Waals surface area contributed by atoms with Gasteiger partial charge in [0.15, 0.2) is 11.6 Å². The molecule has 0 aliphatic rings. The topological polar surface area (TPSA) is 47.0 Å². The molecule has 0 unspecified atom stereocenters. The first-order valence-corrected chi connectivity index (χ1v) is 4.34. The van der Waals surface area contributed by atoms with Crippen molar-refractivity contribution in [3.8, 4) is 5.75 Å². The zero-order chi connectivity index (χ0) is 9.84. The Kier molecular flexibility index (Phi) is 3.31. The molecule has 0 bridgehead atoms. The third-order valence-corrected chi connectivity index (χ3v) is 1.55. The fraction of sp³-hybridized carbons (Fsp3) is 0.500. The number of aromatic nitrogens is 2. The highest BCUT2D eigenvalue weighted by Gasteiger charge is 2.06. The van der Waals surface area contributed by atoms with E-state index < -0.39 is 0 Å². The Balaban J connectivity index is 2.94. The highest BCUT2D eigenvalue weighted by atomic mass is 35.5. The number of anilines is 1. The number of halogens is 1. The van der Waals surface area contributed by atoms with Gasteiger partial charge in [-0.1, -0.05) is 0 Å². The summed E-state index contributed by atoms with van der Waals surface area (Å²) in [5.74, 6) is 1.22. The van der Waals surface area contributed by atoms with Gasteiger partial charge in [-0.25, -0.2) is 4.98 Å². The second-order valence-electron chi connectivity index (χ2n) is 2.86. The number of nitrogens with zero attached hydrogens (tertiary/aromatic N) is 2. The Morgan fingerprint density at radius 2 is 2.23 bits per heavy atom.